The normalized spacial score (nSPS) is 15.9. The summed E-state index contributed by atoms with van der Waals surface area (Å²) in [4.78, 5) is 9.18. The third-order valence-corrected chi connectivity index (χ3v) is 4.84. The second-order valence-electron chi connectivity index (χ2n) is 6.55. The lowest BCUT2D eigenvalue weighted by Crippen LogP contribution is -2.21. The van der Waals surface area contributed by atoms with Gasteiger partial charge in [-0.2, -0.15) is 0 Å². The number of phenols is 1. The van der Waals surface area contributed by atoms with Crippen molar-refractivity contribution in [1.29, 1.82) is 0 Å². The maximum Gasteiger partial charge on any atom is 0.153 e. The molecule has 2 aromatic heterocycles. The fourth-order valence-electron chi connectivity index (χ4n) is 3.56. The van der Waals surface area contributed by atoms with Gasteiger partial charge < -0.3 is 19.6 Å². The van der Waals surface area contributed by atoms with Crippen LogP contribution < -0.4 is 10.1 Å². The van der Waals surface area contributed by atoms with Crippen LogP contribution in [0.3, 0.4) is 0 Å². The molecule has 0 saturated heterocycles. The Morgan fingerprint density at radius 2 is 2.00 bits per heavy atom. The highest BCUT2D eigenvalue weighted by molar-refractivity contribution is 5.86. The third kappa shape index (κ3) is 2.75. The third-order valence-electron chi connectivity index (χ3n) is 4.84. The molecule has 5 rings (SSSR count). The SMILES string of the molecule is Oc1ccc2c(c1)[C@H](Nc1nccn3cnc(-c4ccccc4)c13)CCO2. The van der Waals surface area contributed by atoms with Gasteiger partial charge in [-0.1, -0.05) is 30.3 Å². The Kier molecular flexibility index (Phi) is 3.67. The molecule has 1 atom stereocenters. The topological polar surface area (TPSA) is 71.7 Å². The van der Waals surface area contributed by atoms with Crippen molar-refractivity contribution in [2.75, 3.05) is 11.9 Å². The van der Waals surface area contributed by atoms with Crippen LogP contribution in [-0.4, -0.2) is 26.1 Å². The monoisotopic (exact) mass is 358 g/mol. The molecule has 6 heteroatoms. The highest BCUT2D eigenvalue weighted by Crippen LogP contribution is 2.37. The van der Waals surface area contributed by atoms with Crippen LogP contribution in [0.15, 0.2) is 67.3 Å². The van der Waals surface area contributed by atoms with Crippen molar-refractivity contribution in [3.8, 4) is 22.8 Å². The number of phenolic OH excluding ortho intramolecular Hbond substituents is 1. The summed E-state index contributed by atoms with van der Waals surface area (Å²) >= 11 is 0. The van der Waals surface area contributed by atoms with Gasteiger partial charge in [0.1, 0.15) is 23.3 Å². The van der Waals surface area contributed by atoms with Crippen LogP contribution in [0.5, 0.6) is 11.5 Å². The predicted molar refractivity (Wildman–Crippen MR) is 103 cm³/mol. The molecule has 0 spiro atoms. The number of rotatable bonds is 3. The predicted octanol–water partition coefficient (Wildman–Crippen LogP) is 4.04. The second kappa shape index (κ2) is 6.32. The Hall–Kier alpha value is -3.54. The van der Waals surface area contributed by atoms with E-state index in [2.05, 4.69) is 15.3 Å². The van der Waals surface area contributed by atoms with E-state index in [4.69, 9.17) is 4.74 Å². The van der Waals surface area contributed by atoms with E-state index in [1.54, 1.807) is 30.7 Å². The summed E-state index contributed by atoms with van der Waals surface area (Å²) in [5.41, 5.74) is 3.79. The van der Waals surface area contributed by atoms with Gasteiger partial charge in [-0.05, 0) is 18.2 Å². The zero-order chi connectivity index (χ0) is 18.2. The lowest BCUT2D eigenvalue weighted by atomic mass is 10.00. The molecule has 0 amide bonds. The zero-order valence-electron chi connectivity index (χ0n) is 14.5. The zero-order valence-corrected chi connectivity index (χ0v) is 14.5. The number of nitrogens with zero attached hydrogens (tertiary/aromatic N) is 3. The summed E-state index contributed by atoms with van der Waals surface area (Å²) in [5, 5.41) is 13.4. The number of aromatic nitrogens is 3. The summed E-state index contributed by atoms with van der Waals surface area (Å²) < 4.78 is 7.70. The van der Waals surface area contributed by atoms with Crippen molar-refractivity contribution in [2.24, 2.45) is 0 Å². The highest BCUT2D eigenvalue weighted by Gasteiger charge is 2.24. The minimum Gasteiger partial charge on any atom is -0.508 e. The quantitative estimate of drug-likeness (QED) is 0.578. The summed E-state index contributed by atoms with van der Waals surface area (Å²) in [5.74, 6) is 1.78. The average Bonchev–Trinajstić information content (AvgIpc) is 3.14. The Bertz CT molecular complexity index is 1110. The lowest BCUT2D eigenvalue weighted by molar-refractivity contribution is 0.273. The van der Waals surface area contributed by atoms with Crippen molar-refractivity contribution in [2.45, 2.75) is 12.5 Å². The average molecular weight is 358 g/mol. The van der Waals surface area contributed by atoms with E-state index in [0.29, 0.717) is 6.61 Å². The van der Waals surface area contributed by atoms with Gasteiger partial charge in [-0.15, -0.1) is 0 Å². The molecule has 0 bridgehead atoms. The smallest absolute Gasteiger partial charge is 0.153 e. The molecule has 134 valence electrons. The van der Waals surface area contributed by atoms with E-state index in [-0.39, 0.29) is 11.8 Å². The van der Waals surface area contributed by atoms with E-state index in [1.165, 1.54) is 0 Å². The molecule has 0 aliphatic carbocycles. The molecular weight excluding hydrogens is 340 g/mol. The Balaban J connectivity index is 1.59. The standard InChI is InChI=1S/C21H18N4O2/c26-15-6-7-18-16(12-15)17(8-11-27-18)24-21-20-19(14-4-2-1-3-5-14)23-13-25(20)10-9-22-21/h1-7,9-10,12-13,17,26H,8,11H2,(H,22,24)/t17-/m1/s1. The first-order valence-corrected chi connectivity index (χ1v) is 8.89. The van der Waals surface area contributed by atoms with E-state index < -0.39 is 0 Å². The van der Waals surface area contributed by atoms with Crippen molar-refractivity contribution in [1.82, 2.24) is 14.4 Å². The van der Waals surface area contributed by atoms with E-state index in [1.807, 2.05) is 40.9 Å². The van der Waals surface area contributed by atoms with Gasteiger partial charge >= 0.3 is 0 Å². The molecule has 0 radical (unpaired) electrons. The second-order valence-corrected chi connectivity index (χ2v) is 6.55. The Morgan fingerprint density at radius 1 is 1.11 bits per heavy atom. The summed E-state index contributed by atoms with van der Waals surface area (Å²) in [7, 11) is 0. The van der Waals surface area contributed by atoms with Crippen molar-refractivity contribution in [3.63, 3.8) is 0 Å². The number of anilines is 1. The van der Waals surface area contributed by atoms with Gasteiger partial charge in [-0.25, -0.2) is 9.97 Å². The Morgan fingerprint density at radius 3 is 2.89 bits per heavy atom. The number of ether oxygens (including phenoxy) is 1. The van der Waals surface area contributed by atoms with Crippen molar-refractivity contribution < 1.29 is 9.84 Å². The van der Waals surface area contributed by atoms with E-state index >= 15 is 0 Å². The van der Waals surface area contributed by atoms with Crippen LogP contribution in [0.4, 0.5) is 5.82 Å². The van der Waals surface area contributed by atoms with Crippen LogP contribution >= 0.6 is 0 Å². The van der Waals surface area contributed by atoms with Gasteiger partial charge in [0, 0.05) is 29.9 Å². The van der Waals surface area contributed by atoms with Crippen LogP contribution in [-0.2, 0) is 0 Å². The minimum absolute atomic E-state index is 0.00178. The van der Waals surface area contributed by atoms with Crippen molar-refractivity contribution >= 4 is 11.3 Å². The fraction of sp³-hybridized carbons (Fsp3) is 0.143. The maximum absolute atomic E-state index is 9.89. The molecule has 4 aromatic rings. The number of fused-ring (bicyclic) bond motifs is 2. The highest BCUT2D eigenvalue weighted by atomic mass is 16.5. The Labute approximate surface area is 156 Å². The molecule has 0 saturated carbocycles. The molecule has 27 heavy (non-hydrogen) atoms. The van der Waals surface area contributed by atoms with Gasteiger partial charge in [-0.3, -0.25) is 0 Å². The van der Waals surface area contributed by atoms with Gasteiger partial charge in [0.25, 0.3) is 0 Å². The maximum atomic E-state index is 9.89. The summed E-state index contributed by atoms with van der Waals surface area (Å²) in [6, 6.07) is 15.3. The van der Waals surface area contributed by atoms with E-state index in [9.17, 15) is 5.11 Å². The van der Waals surface area contributed by atoms with E-state index in [0.717, 1.165) is 40.3 Å². The van der Waals surface area contributed by atoms with Crippen LogP contribution in [0.25, 0.3) is 16.8 Å². The van der Waals surface area contributed by atoms with Crippen molar-refractivity contribution in [3.05, 3.63) is 72.8 Å². The molecule has 3 heterocycles. The number of hydrogen-bond acceptors (Lipinski definition) is 5. The first kappa shape index (κ1) is 15.7. The first-order chi connectivity index (χ1) is 13.3. The molecule has 0 unspecified atom stereocenters. The van der Waals surface area contributed by atoms with Crippen LogP contribution in [0.2, 0.25) is 0 Å². The fourth-order valence-corrected chi connectivity index (χ4v) is 3.56. The number of aromatic hydroxyl groups is 1. The number of nitrogens with one attached hydrogen (secondary N) is 1. The number of imidazole rings is 1. The van der Waals surface area contributed by atoms with Gasteiger partial charge in [0.2, 0.25) is 0 Å². The molecule has 2 aromatic carbocycles. The molecule has 0 fully saturated rings. The number of benzene rings is 2. The number of hydrogen-bond donors (Lipinski definition) is 2. The molecule has 6 nitrogen and oxygen atoms in total. The summed E-state index contributed by atoms with van der Waals surface area (Å²) in [6.07, 6.45) is 6.24. The van der Waals surface area contributed by atoms with Gasteiger partial charge in [0.15, 0.2) is 5.82 Å². The summed E-state index contributed by atoms with van der Waals surface area (Å²) in [6.45, 7) is 0.614. The molecule has 2 N–H and O–H groups in total. The first-order valence-electron chi connectivity index (χ1n) is 8.89. The minimum atomic E-state index is -0.00178. The van der Waals surface area contributed by atoms with Crippen LogP contribution in [0, 0.1) is 0 Å². The molecule has 1 aliphatic rings. The van der Waals surface area contributed by atoms with Gasteiger partial charge in [0.05, 0.1) is 18.3 Å². The largest absolute Gasteiger partial charge is 0.508 e. The molecule has 1 aliphatic heterocycles. The molecular formula is C21H18N4O2. The lowest BCUT2D eigenvalue weighted by Gasteiger charge is -2.27. The van der Waals surface area contributed by atoms with Crippen LogP contribution in [0.1, 0.15) is 18.0 Å².